The highest BCUT2D eigenvalue weighted by molar-refractivity contribution is 5.92. The Labute approximate surface area is 125 Å². The number of hydrogen-bond donors (Lipinski definition) is 2. The number of methoxy groups -OCH3 is 1. The maximum atomic E-state index is 12.0. The summed E-state index contributed by atoms with van der Waals surface area (Å²) in [6, 6.07) is 6.69. The van der Waals surface area contributed by atoms with Crippen LogP contribution in [0.5, 0.6) is 0 Å². The molecular weight excluding hydrogens is 268 g/mol. The van der Waals surface area contributed by atoms with Crippen LogP contribution in [0.2, 0.25) is 0 Å². The summed E-state index contributed by atoms with van der Waals surface area (Å²) in [4.78, 5) is 23.3. The molecule has 114 valence electrons. The number of nitrogens with one attached hydrogen (secondary N) is 2. The Bertz CT molecular complexity index is 499. The summed E-state index contributed by atoms with van der Waals surface area (Å²) in [7, 11) is 1.34. The molecule has 0 heterocycles. The normalized spacial score (nSPS) is 21.4. The van der Waals surface area contributed by atoms with Gasteiger partial charge in [0.1, 0.15) is 0 Å². The molecule has 1 aliphatic carbocycles. The Hall–Kier alpha value is -2.04. The first-order valence-electron chi connectivity index (χ1n) is 7.36. The lowest BCUT2D eigenvalue weighted by molar-refractivity contribution is 0.0601. The van der Waals surface area contributed by atoms with Crippen molar-refractivity contribution in [1.29, 1.82) is 0 Å². The molecule has 5 nitrogen and oxygen atoms in total. The highest BCUT2D eigenvalue weighted by Crippen LogP contribution is 2.23. The molecule has 0 bridgehead atoms. The second-order valence-electron chi connectivity index (χ2n) is 5.54. The van der Waals surface area contributed by atoms with Crippen LogP contribution >= 0.6 is 0 Å². The van der Waals surface area contributed by atoms with Gasteiger partial charge in [0.05, 0.1) is 12.7 Å². The molecule has 2 rings (SSSR count). The van der Waals surface area contributed by atoms with Crippen molar-refractivity contribution in [1.82, 2.24) is 5.32 Å². The topological polar surface area (TPSA) is 67.4 Å². The summed E-state index contributed by atoms with van der Waals surface area (Å²) in [6.07, 6.45) is 4.62. The molecule has 2 amide bonds. The highest BCUT2D eigenvalue weighted by Gasteiger charge is 2.22. The van der Waals surface area contributed by atoms with Crippen molar-refractivity contribution in [3.8, 4) is 0 Å². The Morgan fingerprint density at radius 3 is 2.43 bits per heavy atom. The largest absolute Gasteiger partial charge is 0.465 e. The van der Waals surface area contributed by atoms with E-state index in [0.29, 0.717) is 17.2 Å². The van der Waals surface area contributed by atoms with Gasteiger partial charge in [-0.25, -0.2) is 9.59 Å². The second-order valence-corrected chi connectivity index (χ2v) is 5.54. The van der Waals surface area contributed by atoms with Gasteiger partial charge in [0.15, 0.2) is 0 Å². The minimum absolute atomic E-state index is 0.195. The molecule has 0 aliphatic heterocycles. The quantitative estimate of drug-likeness (QED) is 0.840. The molecule has 0 saturated heterocycles. The van der Waals surface area contributed by atoms with E-state index in [9.17, 15) is 9.59 Å². The smallest absolute Gasteiger partial charge is 0.337 e. The van der Waals surface area contributed by atoms with Crippen molar-refractivity contribution < 1.29 is 14.3 Å². The monoisotopic (exact) mass is 290 g/mol. The van der Waals surface area contributed by atoms with E-state index in [-0.39, 0.29) is 18.0 Å². The Balaban J connectivity index is 1.88. The Morgan fingerprint density at radius 1 is 1.14 bits per heavy atom. The zero-order chi connectivity index (χ0) is 15.2. The maximum absolute atomic E-state index is 12.0. The lowest BCUT2D eigenvalue weighted by Gasteiger charge is -2.29. The maximum Gasteiger partial charge on any atom is 0.337 e. The molecule has 21 heavy (non-hydrogen) atoms. The van der Waals surface area contributed by atoms with Gasteiger partial charge in [-0.05, 0) is 43.0 Å². The lowest BCUT2D eigenvalue weighted by atomic mass is 9.86. The van der Waals surface area contributed by atoms with Gasteiger partial charge in [0, 0.05) is 11.7 Å². The first-order valence-corrected chi connectivity index (χ1v) is 7.36. The van der Waals surface area contributed by atoms with Gasteiger partial charge >= 0.3 is 12.0 Å². The number of esters is 1. The van der Waals surface area contributed by atoms with Crippen LogP contribution in [0.25, 0.3) is 0 Å². The van der Waals surface area contributed by atoms with Crippen molar-refractivity contribution in [2.75, 3.05) is 12.4 Å². The molecular formula is C16H22N2O3. The van der Waals surface area contributed by atoms with Crippen molar-refractivity contribution in [2.24, 2.45) is 5.92 Å². The van der Waals surface area contributed by atoms with E-state index in [1.165, 1.54) is 26.4 Å². The summed E-state index contributed by atoms with van der Waals surface area (Å²) >= 11 is 0. The zero-order valence-corrected chi connectivity index (χ0v) is 12.5. The molecule has 0 radical (unpaired) electrons. The van der Waals surface area contributed by atoms with E-state index in [4.69, 9.17) is 0 Å². The predicted octanol–water partition coefficient (Wildman–Crippen LogP) is 3.17. The minimum Gasteiger partial charge on any atom is -0.465 e. The van der Waals surface area contributed by atoms with Gasteiger partial charge in [0.25, 0.3) is 0 Å². The summed E-state index contributed by atoms with van der Waals surface area (Å²) < 4.78 is 4.63. The molecule has 0 aromatic heterocycles. The number of anilines is 1. The van der Waals surface area contributed by atoms with Crippen LogP contribution < -0.4 is 10.6 Å². The summed E-state index contributed by atoms with van der Waals surface area (Å²) in [5.74, 6) is 0.133. The zero-order valence-electron chi connectivity index (χ0n) is 12.5. The van der Waals surface area contributed by atoms with Crippen LogP contribution in [0.4, 0.5) is 10.5 Å². The van der Waals surface area contributed by atoms with Crippen LogP contribution in [0.1, 0.15) is 43.0 Å². The first-order chi connectivity index (χ1) is 10.1. The third-order valence-electron chi connectivity index (χ3n) is 3.99. The fraction of sp³-hybridized carbons (Fsp3) is 0.500. The van der Waals surface area contributed by atoms with E-state index in [2.05, 4.69) is 22.3 Å². The van der Waals surface area contributed by atoms with E-state index in [0.717, 1.165) is 6.42 Å². The fourth-order valence-corrected chi connectivity index (χ4v) is 2.67. The van der Waals surface area contributed by atoms with Crippen molar-refractivity contribution in [3.05, 3.63) is 29.8 Å². The lowest BCUT2D eigenvalue weighted by Crippen LogP contribution is -2.43. The number of benzene rings is 1. The molecule has 1 aromatic rings. The van der Waals surface area contributed by atoms with Gasteiger partial charge in [-0.1, -0.05) is 19.8 Å². The van der Waals surface area contributed by atoms with E-state index >= 15 is 0 Å². The molecule has 0 spiro atoms. The van der Waals surface area contributed by atoms with E-state index in [1.807, 2.05) is 0 Å². The molecule has 5 heteroatoms. The number of carbonyl (C=O) groups is 2. The van der Waals surface area contributed by atoms with Crippen LogP contribution in [0.3, 0.4) is 0 Å². The van der Waals surface area contributed by atoms with Crippen LogP contribution in [-0.2, 0) is 4.74 Å². The Kier molecular flexibility index (Phi) is 5.20. The van der Waals surface area contributed by atoms with Gasteiger partial charge in [0.2, 0.25) is 0 Å². The van der Waals surface area contributed by atoms with Gasteiger partial charge < -0.3 is 15.4 Å². The summed E-state index contributed by atoms with van der Waals surface area (Å²) in [5.41, 5.74) is 1.12. The predicted molar refractivity (Wildman–Crippen MR) is 81.4 cm³/mol. The molecule has 2 atom stereocenters. The summed E-state index contributed by atoms with van der Waals surface area (Å²) in [6.45, 7) is 2.18. The third kappa shape index (κ3) is 4.21. The number of amides is 2. The average Bonchev–Trinajstić information content (AvgIpc) is 2.49. The van der Waals surface area contributed by atoms with Crippen LogP contribution in [0.15, 0.2) is 24.3 Å². The highest BCUT2D eigenvalue weighted by atomic mass is 16.5. The second kappa shape index (κ2) is 7.11. The number of rotatable bonds is 3. The molecule has 1 aromatic carbocycles. The van der Waals surface area contributed by atoms with Gasteiger partial charge in [-0.2, -0.15) is 0 Å². The fourth-order valence-electron chi connectivity index (χ4n) is 2.67. The molecule has 1 saturated carbocycles. The van der Waals surface area contributed by atoms with Crippen molar-refractivity contribution in [2.45, 2.75) is 38.6 Å². The van der Waals surface area contributed by atoms with Gasteiger partial charge in [-0.3, -0.25) is 0 Å². The number of urea groups is 1. The SMILES string of the molecule is COC(=O)c1ccc(NC(=O)N[C@@H]2CCCC[C@@H]2C)cc1. The van der Waals surface area contributed by atoms with Crippen molar-refractivity contribution in [3.63, 3.8) is 0 Å². The van der Waals surface area contributed by atoms with Crippen molar-refractivity contribution >= 4 is 17.7 Å². The standard InChI is InChI=1S/C16H22N2O3/c1-11-5-3-4-6-14(11)18-16(20)17-13-9-7-12(8-10-13)15(19)21-2/h7-11,14H,3-6H2,1-2H3,(H2,17,18,20)/t11-,14+/m0/s1. The van der Waals surface area contributed by atoms with Gasteiger partial charge in [-0.15, -0.1) is 0 Å². The van der Waals surface area contributed by atoms with Crippen LogP contribution in [-0.4, -0.2) is 25.2 Å². The van der Waals surface area contributed by atoms with E-state index < -0.39 is 0 Å². The van der Waals surface area contributed by atoms with E-state index in [1.54, 1.807) is 24.3 Å². The third-order valence-corrected chi connectivity index (χ3v) is 3.99. The molecule has 1 fully saturated rings. The number of ether oxygens (including phenoxy) is 1. The molecule has 2 N–H and O–H groups in total. The number of hydrogen-bond acceptors (Lipinski definition) is 3. The minimum atomic E-state index is -0.387. The molecule has 0 unspecified atom stereocenters. The van der Waals surface area contributed by atoms with Crippen LogP contribution in [0, 0.1) is 5.92 Å². The molecule has 1 aliphatic rings. The summed E-state index contributed by atoms with van der Waals surface area (Å²) in [5, 5.41) is 5.82. The Morgan fingerprint density at radius 2 is 1.81 bits per heavy atom. The first kappa shape index (κ1) is 15.4. The number of carbonyl (C=O) groups excluding carboxylic acids is 2. The average molecular weight is 290 g/mol.